The second-order valence-corrected chi connectivity index (χ2v) is 6.27. The summed E-state index contributed by atoms with van der Waals surface area (Å²) in [5.74, 6) is 0. The number of ether oxygens (including phenoxy) is 1. The molecule has 1 saturated heterocycles. The van der Waals surface area contributed by atoms with Crippen molar-refractivity contribution >= 4 is 5.65 Å². The number of aliphatic hydroxyl groups excluding tert-OH is 1. The molecular weight excluding hydrogens is 306 g/mol. The Balaban J connectivity index is 1.58. The summed E-state index contributed by atoms with van der Waals surface area (Å²) in [5.41, 5.74) is 2.44. The standard InChI is InChI=1S/C17H23N5O2/c1-20(12-16(23)13-21-4-6-24-7-5-21)11-15-9-19-17-3-2-14(8-18)10-22(15)17/h2-3,9-10,16,23H,4-7,11-13H2,1H3. The molecule has 128 valence electrons. The van der Waals surface area contributed by atoms with Crippen LogP contribution in [-0.4, -0.2) is 76.8 Å². The number of nitrogens with zero attached hydrogens (tertiary/aromatic N) is 5. The van der Waals surface area contributed by atoms with Crippen LogP contribution in [0.2, 0.25) is 0 Å². The van der Waals surface area contributed by atoms with Gasteiger partial charge in [-0.15, -0.1) is 0 Å². The second-order valence-electron chi connectivity index (χ2n) is 6.27. The molecule has 1 fully saturated rings. The maximum Gasteiger partial charge on any atom is 0.137 e. The van der Waals surface area contributed by atoms with Gasteiger partial charge >= 0.3 is 0 Å². The van der Waals surface area contributed by atoms with Crippen molar-refractivity contribution in [1.29, 1.82) is 5.26 Å². The molecule has 0 saturated carbocycles. The third-order valence-corrected chi connectivity index (χ3v) is 4.24. The SMILES string of the molecule is CN(Cc1cnc2ccc(C#N)cn12)CC(O)CN1CCOCC1. The van der Waals surface area contributed by atoms with Crippen molar-refractivity contribution < 1.29 is 9.84 Å². The molecule has 1 unspecified atom stereocenters. The van der Waals surface area contributed by atoms with Crippen LogP contribution in [0.5, 0.6) is 0 Å². The van der Waals surface area contributed by atoms with Crippen LogP contribution in [0.15, 0.2) is 24.5 Å². The minimum Gasteiger partial charge on any atom is -0.390 e. The Labute approximate surface area is 141 Å². The Kier molecular flexibility index (Phi) is 5.43. The number of aliphatic hydroxyl groups is 1. The Morgan fingerprint density at radius 2 is 2.21 bits per heavy atom. The van der Waals surface area contributed by atoms with Crippen molar-refractivity contribution in [1.82, 2.24) is 19.2 Å². The van der Waals surface area contributed by atoms with E-state index in [-0.39, 0.29) is 0 Å². The summed E-state index contributed by atoms with van der Waals surface area (Å²) in [5, 5.41) is 19.3. The fourth-order valence-electron chi connectivity index (χ4n) is 3.05. The van der Waals surface area contributed by atoms with Crippen molar-refractivity contribution in [2.75, 3.05) is 46.4 Å². The highest BCUT2D eigenvalue weighted by Crippen LogP contribution is 2.11. The van der Waals surface area contributed by atoms with Gasteiger partial charge in [-0.1, -0.05) is 0 Å². The summed E-state index contributed by atoms with van der Waals surface area (Å²) in [7, 11) is 1.98. The molecule has 3 rings (SSSR count). The van der Waals surface area contributed by atoms with E-state index in [1.165, 1.54) is 0 Å². The lowest BCUT2D eigenvalue weighted by molar-refractivity contribution is 0.00817. The average Bonchev–Trinajstić information content (AvgIpc) is 2.97. The first-order valence-corrected chi connectivity index (χ1v) is 8.18. The van der Waals surface area contributed by atoms with Gasteiger partial charge in [-0.3, -0.25) is 9.80 Å². The molecule has 7 nitrogen and oxygen atoms in total. The van der Waals surface area contributed by atoms with Crippen LogP contribution < -0.4 is 0 Å². The first kappa shape index (κ1) is 16.9. The van der Waals surface area contributed by atoms with Gasteiger partial charge in [0.15, 0.2) is 0 Å². The normalized spacial score (nSPS) is 17.2. The lowest BCUT2D eigenvalue weighted by Gasteiger charge is -2.30. The Bertz CT molecular complexity index is 717. The van der Waals surface area contributed by atoms with Gasteiger partial charge in [0.05, 0.1) is 36.8 Å². The van der Waals surface area contributed by atoms with Crippen LogP contribution >= 0.6 is 0 Å². The average molecular weight is 329 g/mol. The molecule has 0 aliphatic carbocycles. The molecule has 2 aromatic rings. The number of nitriles is 1. The molecule has 0 bridgehead atoms. The number of pyridine rings is 1. The summed E-state index contributed by atoms with van der Waals surface area (Å²) in [4.78, 5) is 8.67. The molecule has 3 heterocycles. The summed E-state index contributed by atoms with van der Waals surface area (Å²) >= 11 is 0. The van der Waals surface area contributed by atoms with Crippen molar-refractivity contribution in [3.63, 3.8) is 0 Å². The van der Waals surface area contributed by atoms with E-state index in [1.807, 2.05) is 23.7 Å². The number of fused-ring (bicyclic) bond motifs is 1. The van der Waals surface area contributed by atoms with Crippen LogP contribution in [0.25, 0.3) is 5.65 Å². The fraction of sp³-hybridized carbons (Fsp3) is 0.529. The minimum absolute atomic E-state index is 0.401. The Morgan fingerprint density at radius 1 is 1.42 bits per heavy atom. The maximum absolute atomic E-state index is 10.3. The van der Waals surface area contributed by atoms with Gasteiger partial charge in [0.2, 0.25) is 0 Å². The fourth-order valence-corrected chi connectivity index (χ4v) is 3.05. The third kappa shape index (κ3) is 4.10. The van der Waals surface area contributed by atoms with E-state index >= 15 is 0 Å². The van der Waals surface area contributed by atoms with Crippen molar-refractivity contribution in [2.45, 2.75) is 12.6 Å². The molecule has 2 aromatic heterocycles. The molecule has 0 spiro atoms. The summed E-state index contributed by atoms with van der Waals surface area (Å²) in [6.07, 6.45) is 3.22. The van der Waals surface area contributed by atoms with E-state index in [9.17, 15) is 5.11 Å². The molecule has 0 aromatic carbocycles. The van der Waals surface area contributed by atoms with Gasteiger partial charge in [-0.05, 0) is 19.2 Å². The quantitative estimate of drug-likeness (QED) is 0.823. The van der Waals surface area contributed by atoms with Crippen LogP contribution in [0.3, 0.4) is 0 Å². The van der Waals surface area contributed by atoms with Gasteiger partial charge in [-0.25, -0.2) is 4.98 Å². The first-order chi connectivity index (χ1) is 11.7. The van der Waals surface area contributed by atoms with Crippen LogP contribution in [0, 0.1) is 11.3 Å². The summed E-state index contributed by atoms with van der Waals surface area (Å²) < 4.78 is 7.26. The molecule has 1 N–H and O–H groups in total. The monoisotopic (exact) mass is 329 g/mol. The topological polar surface area (TPSA) is 77.0 Å². The van der Waals surface area contributed by atoms with Gasteiger partial charge < -0.3 is 14.2 Å². The number of imidazole rings is 1. The summed E-state index contributed by atoms with van der Waals surface area (Å²) in [6.45, 7) is 5.16. The number of hydrogen-bond donors (Lipinski definition) is 1. The second kappa shape index (κ2) is 7.73. The zero-order chi connectivity index (χ0) is 16.9. The highest BCUT2D eigenvalue weighted by Gasteiger charge is 2.17. The molecule has 1 atom stereocenters. The van der Waals surface area contributed by atoms with Crippen LogP contribution in [0.4, 0.5) is 0 Å². The molecule has 1 aliphatic heterocycles. The molecule has 7 heteroatoms. The molecule has 24 heavy (non-hydrogen) atoms. The first-order valence-electron chi connectivity index (χ1n) is 8.18. The predicted molar refractivity (Wildman–Crippen MR) is 89.5 cm³/mol. The van der Waals surface area contributed by atoms with Crippen LogP contribution in [0.1, 0.15) is 11.3 Å². The van der Waals surface area contributed by atoms with E-state index in [0.29, 0.717) is 25.2 Å². The number of aromatic nitrogens is 2. The number of hydrogen-bond acceptors (Lipinski definition) is 6. The number of rotatable bonds is 6. The zero-order valence-corrected chi connectivity index (χ0v) is 13.9. The lowest BCUT2D eigenvalue weighted by Crippen LogP contribution is -2.44. The van der Waals surface area contributed by atoms with Gasteiger partial charge in [0.1, 0.15) is 11.7 Å². The largest absolute Gasteiger partial charge is 0.390 e. The Hall–Kier alpha value is -1.98. The van der Waals surface area contributed by atoms with Crippen LogP contribution in [-0.2, 0) is 11.3 Å². The third-order valence-electron chi connectivity index (χ3n) is 4.24. The number of morpholine rings is 1. The van der Waals surface area contributed by atoms with Gasteiger partial charge in [0, 0.05) is 38.9 Å². The molecule has 0 radical (unpaired) electrons. The Morgan fingerprint density at radius 3 is 2.96 bits per heavy atom. The number of β-amino-alcohol motifs (C(OH)–C–C–N with tert-alkyl or cyclic N) is 1. The van der Waals surface area contributed by atoms with E-state index in [0.717, 1.165) is 37.6 Å². The smallest absolute Gasteiger partial charge is 0.137 e. The zero-order valence-electron chi connectivity index (χ0n) is 13.9. The van der Waals surface area contributed by atoms with E-state index < -0.39 is 6.10 Å². The molecule has 1 aliphatic rings. The van der Waals surface area contributed by atoms with Crippen molar-refractivity contribution in [3.8, 4) is 6.07 Å². The highest BCUT2D eigenvalue weighted by molar-refractivity contribution is 5.44. The predicted octanol–water partition coefficient (Wildman–Crippen LogP) is 0.331. The maximum atomic E-state index is 10.3. The lowest BCUT2D eigenvalue weighted by atomic mass is 10.2. The number of likely N-dealkylation sites (N-methyl/N-ethyl adjacent to an activating group) is 1. The molecular formula is C17H23N5O2. The minimum atomic E-state index is -0.401. The highest BCUT2D eigenvalue weighted by atomic mass is 16.5. The van der Waals surface area contributed by atoms with E-state index in [2.05, 4.69) is 20.9 Å². The van der Waals surface area contributed by atoms with Crippen molar-refractivity contribution in [2.24, 2.45) is 0 Å². The van der Waals surface area contributed by atoms with Crippen molar-refractivity contribution in [3.05, 3.63) is 35.8 Å². The van der Waals surface area contributed by atoms with E-state index in [1.54, 1.807) is 12.3 Å². The molecule has 0 amide bonds. The van der Waals surface area contributed by atoms with Gasteiger partial charge in [-0.2, -0.15) is 5.26 Å². The van der Waals surface area contributed by atoms with Gasteiger partial charge in [0.25, 0.3) is 0 Å². The summed E-state index contributed by atoms with van der Waals surface area (Å²) in [6, 6.07) is 5.76. The van der Waals surface area contributed by atoms with E-state index in [4.69, 9.17) is 10.00 Å².